The number of benzene rings is 4. The summed E-state index contributed by atoms with van der Waals surface area (Å²) in [5, 5.41) is 3.00. The Labute approximate surface area is 278 Å². The molecule has 4 aromatic rings. The summed E-state index contributed by atoms with van der Waals surface area (Å²) in [6.07, 6.45) is 1.92. The summed E-state index contributed by atoms with van der Waals surface area (Å²) in [7, 11) is -1.12. The Bertz CT molecular complexity index is 1710. The molecule has 0 fully saturated rings. The van der Waals surface area contributed by atoms with Gasteiger partial charge in [0.25, 0.3) is 10.0 Å². The molecule has 248 valence electrons. The van der Waals surface area contributed by atoms with Gasteiger partial charge in [-0.2, -0.15) is 0 Å². The Kier molecular flexibility index (Phi) is 12.4. The van der Waals surface area contributed by atoms with Gasteiger partial charge in [0.2, 0.25) is 11.8 Å². The van der Waals surface area contributed by atoms with Gasteiger partial charge in [0.1, 0.15) is 24.1 Å². The quantitative estimate of drug-likeness (QED) is 0.154. The Morgan fingerprint density at radius 2 is 1.47 bits per heavy atom. The van der Waals surface area contributed by atoms with Crippen molar-refractivity contribution in [1.29, 1.82) is 0 Å². The van der Waals surface area contributed by atoms with Crippen molar-refractivity contribution in [3.8, 4) is 11.5 Å². The number of amides is 2. The molecule has 0 spiro atoms. The van der Waals surface area contributed by atoms with E-state index in [9.17, 15) is 18.0 Å². The van der Waals surface area contributed by atoms with Gasteiger partial charge in [0.15, 0.2) is 0 Å². The molecule has 0 aliphatic rings. The fraction of sp³-hybridized carbons (Fsp3) is 0.297. The van der Waals surface area contributed by atoms with Crippen LogP contribution in [0.1, 0.15) is 36.5 Å². The van der Waals surface area contributed by atoms with Crippen LogP contribution in [0.3, 0.4) is 0 Å². The maximum atomic E-state index is 14.6. The monoisotopic (exact) mass is 657 g/mol. The Hall–Kier alpha value is -4.83. The lowest BCUT2D eigenvalue weighted by molar-refractivity contribution is -0.140. The SMILES string of the molecule is CCCCNC(=O)[C@H](Cc1ccccc1)N(Cc1cccc(OC)c1)C(=O)CN(c1ccc(OC)cc1)S(=O)(=O)c1ccc(C)cc1. The number of nitrogens with one attached hydrogen (secondary N) is 1. The van der Waals surface area contributed by atoms with Crippen LogP contribution in [0.15, 0.2) is 108 Å². The van der Waals surface area contributed by atoms with Crippen LogP contribution in [-0.4, -0.2) is 58.5 Å². The highest BCUT2D eigenvalue weighted by Gasteiger charge is 2.34. The molecule has 0 saturated heterocycles. The summed E-state index contributed by atoms with van der Waals surface area (Å²) >= 11 is 0. The van der Waals surface area contributed by atoms with E-state index in [1.165, 1.54) is 24.1 Å². The van der Waals surface area contributed by atoms with Crippen LogP contribution in [-0.2, 0) is 32.6 Å². The van der Waals surface area contributed by atoms with Crippen LogP contribution in [0.5, 0.6) is 11.5 Å². The molecule has 0 aliphatic carbocycles. The number of carbonyl (C=O) groups is 2. The Balaban J connectivity index is 1.80. The minimum atomic E-state index is -4.20. The lowest BCUT2D eigenvalue weighted by atomic mass is 10.0. The number of hydrogen-bond acceptors (Lipinski definition) is 6. The van der Waals surface area contributed by atoms with E-state index in [-0.39, 0.29) is 29.5 Å². The Morgan fingerprint density at radius 3 is 2.11 bits per heavy atom. The summed E-state index contributed by atoms with van der Waals surface area (Å²) < 4.78 is 40.2. The molecule has 1 atom stereocenters. The van der Waals surface area contributed by atoms with E-state index in [0.29, 0.717) is 18.0 Å². The second kappa shape index (κ2) is 16.6. The number of sulfonamides is 1. The largest absolute Gasteiger partial charge is 0.497 e. The van der Waals surface area contributed by atoms with Gasteiger partial charge in [-0.25, -0.2) is 8.42 Å². The molecular formula is C37H43N3O6S. The van der Waals surface area contributed by atoms with Gasteiger partial charge >= 0.3 is 0 Å². The first-order chi connectivity index (χ1) is 22.7. The van der Waals surface area contributed by atoms with Crippen molar-refractivity contribution in [2.24, 2.45) is 0 Å². The van der Waals surface area contributed by atoms with Crippen molar-refractivity contribution >= 4 is 27.5 Å². The molecule has 0 saturated carbocycles. The first-order valence-corrected chi connectivity index (χ1v) is 17.1. The van der Waals surface area contributed by atoms with E-state index in [4.69, 9.17) is 9.47 Å². The molecular weight excluding hydrogens is 614 g/mol. The maximum absolute atomic E-state index is 14.6. The van der Waals surface area contributed by atoms with Crippen molar-refractivity contribution in [2.75, 3.05) is 31.6 Å². The summed E-state index contributed by atoms with van der Waals surface area (Å²) in [4.78, 5) is 30.0. The van der Waals surface area contributed by atoms with Gasteiger partial charge in [-0.3, -0.25) is 13.9 Å². The number of nitrogens with zero attached hydrogens (tertiary/aromatic N) is 2. The zero-order valence-electron chi connectivity index (χ0n) is 27.4. The van der Waals surface area contributed by atoms with Gasteiger partial charge in [-0.05, 0) is 73.0 Å². The number of hydrogen-bond donors (Lipinski definition) is 1. The molecule has 0 bridgehead atoms. The molecule has 4 aromatic carbocycles. The van der Waals surface area contributed by atoms with Gasteiger partial charge in [-0.15, -0.1) is 0 Å². The average Bonchev–Trinajstić information content (AvgIpc) is 3.09. The van der Waals surface area contributed by atoms with E-state index in [0.717, 1.165) is 33.8 Å². The Morgan fingerprint density at radius 1 is 0.809 bits per heavy atom. The first-order valence-electron chi connectivity index (χ1n) is 15.6. The van der Waals surface area contributed by atoms with E-state index < -0.39 is 28.5 Å². The summed E-state index contributed by atoms with van der Waals surface area (Å²) in [5.41, 5.74) is 2.78. The number of rotatable bonds is 16. The van der Waals surface area contributed by atoms with Crippen molar-refractivity contribution in [3.05, 3.63) is 120 Å². The molecule has 0 unspecified atom stereocenters. The first kappa shape index (κ1) is 35.0. The van der Waals surface area contributed by atoms with Crippen LogP contribution < -0.4 is 19.1 Å². The molecule has 0 aliphatic heterocycles. The lowest BCUT2D eigenvalue weighted by Crippen LogP contribution is -2.53. The number of anilines is 1. The molecule has 9 nitrogen and oxygen atoms in total. The molecule has 10 heteroatoms. The number of aryl methyl sites for hydroxylation is 1. The smallest absolute Gasteiger partial charge is 0.264 e. The van der Waals surface area contributed by atoms with Gasteiger partial charge in [0, 0.05) is 19.5 Å². The molecule has 4 rings (SSSR count). The fourth-order valence-corrected chi connectivity index (χ4v) is 6.56. The average molecular weight is 658 g/mol. The number of unbranched alkanes of at least 4 members (excludes halogenated alkanes) is 1. The van der Waals surface area contributed by atoms with E-state index in [2.05, 4.69) is 5.32 Å². The normalized spacial score (nSPS) is 11.7. The minimum Gasteiger partial charge on any atom is -0.497 e. The van der Waals surface area contributed by atoms with Gasteiger partial charge < -0.3 is 19.7 Å². The summed E-state index contributed by atoms with van der Waals surface area (Å²) in [6.45, 7) is 3.88. The van der Waals surface area contributed by atoms with Crippen LogP contribution in [0.2, 0.25) is 0 Å². The minimum absolute atomic E-state index is 0.0456. The number of ether oxygens (including phenoxy) is 2. The zero-order valence-corrected chi connectivity index (χ0v) is 28.2. The van der Waals surface area contributed by atoms with Gasteiger partial charge in [-0.1, -0.05) is 73.5 Å². The summed E-state index contributed by atoms with van der Waals surface area (Å²) in [5.74, 6) is 0.296. The van der Waals surface area contributed by atoms with Crippen LogP contribution in [0, 0.1) is 6.92 Å². The van der Waals surface area contributed by atoms with Gasteiger partial charge in [0.05, 0.1) is 24.8 Å². The maximum Gasteiger partial charge on any atom is 0.264 e. The fourth-order valence-electron chi connectivity index (χ4n) is 5.14. The molecule has 0 aromatic heterocycles. The van der Waals surface area contributed by atoms with Crippen molar-refractivity contribution < 1.29 is 27.5 Å². The highest BCUT2D eigenvalue weighted by atomic mass is 32.2. The highest BCUT2D eigenvalue weighted by molar-refractivity contribution is 7.92. The van der Waals surface area contributed by atoms with Crippen molar-refractivity contribution in [1.82, 2.24) is 10.2 Å². The second-order valence-electron chi connectivity index (χ2n) is 11.2. The van der Waals surface area contributed by atoms with Crippen LogP contribution in [0.4, 0.5) is 5.69 Å². The third-order valence-electron chi connectivity index (χ3n) is 7.84. The molecule has 0 heterocycles. The molecule has 2 amide bonds. The lowest BCUT2D eigenvalue weighted by Gasteiger charge is -2.34. The molecule has 0 radical (unpaired) electrons. The third kappa shape index (κ3) is 9.36. The van der Waals surface area contributed by atoms with Crippen LogP contribution in [0.25, 0.3) is 0 Å². The zero-order chi connectivity index (χ0) is 33.8. The summed E-state index contributed by atoms with van der Waals surface area (Å²) in [6, 6.07) is 28.8. The highest BCUT2D eigenvalue weighted by Crippen LogP contribution is 2.27. The van der Waals surface area contributed by atoms with E-state index in [1.54, 1.807) is 55.6 Å². The number of carbonyl (C=O) groups excluding carboxylic acids is 2. The molecule has 47 heavy (non-hydrogen) atoms. The third-order valence-corrected chi connectivity index (χ3v) is 9.62. The van der Waals surface area contributed by atoms with Crippen LogP contribution >= 0.6 is 0 Å². The standard InChI is InChI=1S/C37H43N3O6S/c1-5-6-23-38-37(42)35(25-29-11-8-7-9-12-29)39(26-30-13-10-14-33(24-30)46-4)36(41)27-40(31-17-19-32(45-3)20-18-31)47(43,44)34-21-15-28(2)16-22-34/h7-22,24,35H,5-6,23,25-27H2,1-4H3,(H,38,42)/t35-/m0/s1. The van der Waals surface area contributed by atoms with Crippen molar-refractivity contribution in [3.63, 3.8) is 0 Å². The second-order valence-corrected chi connectivity index (χ2v) is 13.1. The van der Waals surface area contributed by atoms with E-state index in [1.807, 2.05) is 56.3 Å². The predicted molar refractivity (Wildman–Crippen MR) is 184 cm³/mol. The van der Waals surface area contributed by atoms with Crippen molar-refractivity contribution in [2.45, 2.75) is 50.6 Å². The predicted octanol–water partition coefficient (Wildman–Crippen LogP) is 5.76. The van der Waals surface area contributed by atoms with E-state index >= 15 is 0 Å². The molecule has 1 N–H and O–H groups in total. The number of methoxy groups -OCH3 is 2. The topological polar surface area (TPSA) is 105 Å².